The first-order chi connectivity index (χ1) is 9.56. The zero-order valence-electron chi connectivity index (χ0n) is 10.9. The van der Waals surface area contributed by atoms with Crippen LogP contribution in [-0.2, 0) is 0 Å². The van der Waals surface area contributed by atoms with Crippen LogP contribution in [0.4, 0.5) is 11.4 Å². The van der Waals surface area contributed by atoms with Crippen LogP contribution < -0.4 is 11.5 Å². The summed E-state index contributed by atoms with van der Waals surface area (Å²) in [5.74, 6) is -0.0105. The molecule has 5 nitrogen and oxygen atoms in total. The molecule has 0 aliphatic heterocycles. The first kappa shape index (κ1) is 12.7. The number of hydrogen-bond acceptors (Lipinski definition) is 4. The number of rotatable bonds is 2. The zero-order valence-corrected chi connectivity index (χ0v) is 11.6. The lowest BCUT2D eigenvalue weighted by Crippen LogP contribution is -2.07. The van der Waals surface area contributed by atoms with Gasteiger partial charge in [-0.2, -0.15) is 0 Å². The van der Waals surface area contributed by atoms with Crippen molar-refractivity contribution >= 4 is 34.0 Å². The van der Waals surface area contributed by atoms with Gasteiger partial charge in [-0.15, -0.1) is 0 Å². The second kappa shape index (κ2) is 4.68. The Morgan fingerprint density at radius 3 is 2.85 bits per heavy atom. The van der Waals surface area contributed by atoms with E-state index in [0.29, 0.717) is 22.2 Å². The normalized spacial score (nSPS) is 12.7. The van der Waals surface area contributed by atoms with Crippen molar-refractivity contribution in [1.82, 2.24) is 15.0 Å². The maximum Gasteiger partial charge on any atom is 0.131 e. The highest BCUT2D eigenvalue weighted by Gasteiger charge is 2.16. The second-order valence-corrected chi connectivity index (χ2v) is 5.12. The molecule has 0 saturated carbocycles. The fourth-order valence-electron chi connectivity index (χ4n) is 2.27. The smallest absolute Gasteiger partial charge is 0.131 e. The molecule has 2 heterocycles. The van der Waals surface area contributed by atoms with Gasteiger partial charge in [0.05, 0.1) is 34.4 Å². The van der Waals surface area contributed by atoms with Crippen LogP contribution in [-0.4, -0.2) is 15.0 Å². The van der Waals surface area contributed by atoms with E-state index in [0.717, 1.165) is 16.6 Å². The number of nitrogens with two attached hydrogens (primary N) is 2. The maximum absolute atomic E-state index is 6.02. The molecule has 3 aromatic rings. The van der Waals surface area contributed by atoms with Crippen LogP contribution in [0, 0.1) is 0 Å². The van der Waals surface area contributed by atoms with Gasteiger partial charge in [-0.3, -0.25) is 0 Å². The Morgan fingerprint density at radius 2 is 2.05 bits per heavy atom. The molecule has 0 bridgehead atoms. The lowest BCUT2D eigenvalue weighted by molar-refractivity contribution is 0.878. The molecule has 1 unspecified atom stereocenters. The molecule has 0 saturated heterocycles. The van der Waals surface area contributed by atoms with E-state index in [1.807, 2.05) is 25.1 Å². The Hall–Kier alpha value is -2.27. The summed E-state index contributed by atoms with van der Waals surface area (Å²) in [5.41, 5.74) is 16.5. The number of hydrogen-bond donors (Lipinski definition) is 3. The SMILES string of the molecule is CC(c1ccc2nc[nH]c2c1)c1nc(Cl)cc(N)c1N. The summed E-state index contributed by atoms with van der Waals surface area (Å²) in [6.07, 6.45) is 1.67. The van der Waals surface area contributed by atoms with Crippen LogP contribution in [0.2, 0.25) is 5.15 Å². The summed E-state index contributed by atoms with van der Waals surface area (Å²) in [7, 11) is 0. The molecule has 0 fully saturated rings. The van der Waals surface area contributed by atoms with Gasteiger partial charge >= 0.3 is 0 Å². The van der Waals surface area contributed by atoms with Gasteiger partial charge in [0, 0.05) is 12.0 Å². The number of nitrogen functional groups attached to an aromatic ring is 2. The summed E-state index contributed by atoms with van der Waals surface area (Å²) < 4.78 is 0. The van der Waals surface area contributed by atoms with Crippen LogP contribution in [0.3, 0.4) is 0 Å². The molecular weight excluding hydrogens is 274 g/mol. The molecule has 5 N–H and O–H groups in total. The highest BCUT2D eigenvalue weighted by molar-refractivity contribution is 6.29. The van der Waals surface area contributed by atoms with Gasteiger partial charge in [-0.25, -0.2) is 9.97 Å². The number of H-pyrrole nitrogens is 1. The lowest BCUT2D eigenvalue weighted by Gasteiger charge is -2.15. The van der Waals surface area contributed by atoms with Crippen molar-refractivity contribution in [3.63, 3.8) is 0 Å². The minimum Gasteiger partial charge on any atom is -0.397 e. The number of imidazole rings is 1. The molecule has 3 rings (SSSR count). The third kappa shape index (κ3) is 2.06. The maximum atomic E-state index is 6.02. The average Bonchev–Trinajstić information content (AvgIpc) is 2.89. The van der Waals surface area contributed by atoms with Crippen LogP contribution in [0.1, 0.15) is 24.1 Å². The molecular formula is C14H14ClN5. The number of nitrogens with zero attached hydrogens (tertiary/aromatic N) is 2. The highest BCUT2D eigenvalue weighted by atomic mass is 35.5. The van der Waals surface area contributed by atoms with Gasteiger partial charge in [0.1, 0.15) is 5.15 Å². The van der Waals surface area contributed by atoms with Gasteiger partial charge in [-0.1, -0.05) is 24.6 Å². The van der Waals surface area contributed by atoms with Gasteiger partial charge < -0.3 is 16.5 Å². The lowest BCUT2D eigenvalue weighted by atomic mass is 9.95. The van der Waals surface area contributed by atoms with Crippen molar-refractivity contribution in [3.8, 4) is 0 Å². The fourth-order valence-corrected chi connectivity index (χ4v) is 2.48. The summed E-state index contributed by atoms with van der Waals surface area (Å²) >= 11 is 5.97. The molecule has 0 aliphatic rings. The summed E-state index contributed by atoms with van der Waals surface area (Å²) in [6.45, 7) is 2.02. The van der Waals surface area contributed by atoms with E-state index in [9.17, 15) is 0 Å². The number of aromatic nitrogens is 3. The standard InChI is InChI=1S/C14H14ClN5/c1-7(14-13(17)9(16)5-12(15)20-14)8-2-3-10-11(4-8)19-6-18-10/h2-7H,17H2,1H3,(H2,16,20)(H,18,19). The number of aromatic amines is 1. The topological polar surface area (TPSA) is 93.6 Å². The molecule has 0 spiro atoms. The Balaban J connectivity index is 2.09. The van der Waals surface area contributed by atoms with Crippen LogP contribution in [0.5, 0.6) is 0 Å². The van der Waals surface area contributed by atoms with Crippen molar-refractivity contribution in [3.05, 3.63) is 47.0 Å². The van der Waals surface area contributed by atoms with Crippen molar-refractivity contribution in [2.75, 3.05) is 11.5 Å². The summed E-state index contributed by atoms with van der Waals surface area (Å²) in [6, 6.07) is 7.56. The van der Waals surface area contributed by atoms with Crippen molar-refractivity contribution in [2.24, 2.45) is 0 Å². The number of fused-ring (bicyclic) bond motifs is 1. The fraction of sp³-hybridized carbons (Fsp3) is 0.143. The molecule has 0 aliphatic carbocycles. The number of nitrogens with one attached hydrogen (secondary N) is 1. The minimum atomic E-state index is -0.0105. The number of halogens is 1. The molecule has 0 radical (unpaired) electrons. The Bertz CT molecular complexity index is 780. The van der Waals surface area contributed by atoms with E-state index < -0.39 is 0 Å². The molecule has 6 heteroatoms. The summed E-state index contributed by atoms with van der Waals surface area (Å²) in [4.78, 5) is 11.6. The van der Waals surface area contributed by atoms with E-state index in [1.54, 1.807) is 12.4 Å². The van der Waals surface area contributed by atoms with Crippen LogP contribution in [0.25, 0.3) is 11.0 Å². The summed E-state index contributed by atoms with van der Waals surface area (Å²) in [5, 5.41) is 0.348. The van der Waals surface area contributed by atoms with Gasteiger partial charge in [-0.05, 0) is 17.7 Å². The van der Waals surface area contributed by atoms with Crippen LogP contribution in [0.15, 0.2) is 30.6 Å². The Labute approximate surface area is 121 Å². The molecule has 2 aromatic heterocycles. The van der Waals surface area contributed by atoms with Crippen molar-refractivity contribution in [1.29, 1.82) is 0 Å². The first-order valence-corrected chi connectivity index (χ1v) is 6.58. The van der Waals surface area contributed by atoms with Gasteiger partial charge in [0.2, 0.25) is 0 Å². The van der Waals surface area contributed by atoms with E-state index in [-0.39, 0.29) is 5.92 Å². The zero-order chi connectivity index (χ0) is 14.3. The molecule has 102 valence electrons. The first-order valence-electron chi connectivity index (χ1n) is 6.20. The van der Waals surface area contributed by atoms with Crippen molar-refractivity contribution in [2.45, 2.75) is 12.8 Å². The molecule has 20 heavy (non-hydrogen) atoms. The van der Waals surface area contributed by atoms with E-state index in [4.69, 9.17) is 23.1 Å². The molecule has 0 amide bonds. The largest absolute Gasteiger partial charge is 0.397 e. The molecule has 1 aromatic carbocycles. The number of pyridine rings is 1. The van der Waals surface area contributed by atoms with Gasteiger partial charge in [0.25, 0.3) is 0 Å². The van der Waals surface area contributed by atoms with Crippen LogP contribution >= 0.6 is 11.6 Å². The van der Waals surface area contributed by atoms with E-state index in [1.165, 1.54) is 0 Å². The third-order valence-corrected chi connectivity index (χ3v) is 3.64. The van der Waals surface area contributed by atoms with Crippen molar-refractivity contribution < 1.29 is 0 Å². The van der Waals surface area contributed by atoms with E-state index in [2.05, 4.69) is 15.0 Å². The minimum absolute atomic E-state index is 0.0105. The Morgan fingerprint density at radius 1 is 1.25 bits per heavy atom. The van der Waals surface area contributed by atoms with Gasteiger partial charge in [0.15, 0.2) is 0 Å². The third-order valence-electron chi connectivity index (χ3n) is 3.44. The highest BCUT2D eigenvalue weighted by Crippen LogP contribution is 2.32. The predicted octanol–water partition coefficient (Wildman–Crippen LogP) is 2.93. The number of anilines is 2. The Kier molecular flexibility index (Phi) is 2.99. The quantitative estimate of drug-likeness (QED) is 0.632. The van der Waals surface area contributed by atoms with E-state index >= 15 is 0 Å². The monoisotopic (exact) mass is 287 g/mol. The number of benzene rings is 1. The second-order valence-electron chi connectivity index (χ2n) is 4.73. The molecule has 1 atom stereocenters. The average molecular weight is 288 g/mol. The predicted molar refractivity (Wildman–Crippen MR) is 81.7 cm³/mol.